The van der Waals surface area contributed by atoms with E-state index in [2.05, 4.69) is 15.0 Å². The first kappa shape index (κ1) is 15.6. The van der Waals surface area contributed by atoms with Gasteiger partial charge in [-0.1, -0.05) is 0 Å². The van der Waals surface area contributed by atoms with Crippen LogP contribution in [-0.2, 0) is 4.57 Å². The van der Waals surface area contributed by atoms with Gasteiger partial charge in [-0.25, -0.2) is 9.55 Å². The molecule has 6 N–H and O–H groups in total. The second-order valence-corrected chi connectivity index (χ2v) is 6.61. The highest BCUT2D eigenvalue weighted by molar-refractivity contribution is 7.69. The van der Waals surface area contributed by atoms with Crippen molar-refractivity contribution < 1.29 is 24.3 Å². The Bertz CT molecular complexity index is 886. The van der Waals surface area contributed by atoms with Crippen molar-refractivity contribution >= 4 is 30.4 Å². The standard InChI is InChI=1S/C10H13N6O6P/c11-9-13-7-6(8(18)14-9)12-3-16(7)4-1-15(2-5(4)17)10(19)23(20,21)22/h3-5,17H,1-2H2,(H2,20,21,22)(H3,11,13,14,18)/t4-,5-/m1/s1. The first-order chi connectivity index (χ1) is 10.7. The minimum absolute atomic E-state index is 0.00571. The van der Waals surface area contributed by atoms with Gasteiger partial charge in [0.1, 0.15) is 0 Å². The largest absolute Gasteiger partial charge is 0.413 e. The highest BCUT2D eigenvalue weighted by Crippen LogP contribution is 2.40. The van der Waals surface area contributed by atoms with E-state index in [1.54, 1.807) is 0 Å². The number of nitrogens with one attached hydrogen (secondary N) is 1. The van der Waals surface area contributed by atoms with Crippen LogP contribution in [0.3, 0.4) is 0 Å². The van der Waals surface area contributed by atoms with Crippen LogP contribution in [0.15, 0.2) is 11.1 Å². The Balaban J connectivity index is 1.99. The maximum absolute atomic E-state index is 11.7. The number of carbonyl (C=O) groups is 1. The van der Waals surface area contributed by atoms with E-state index in [9.17, 15) is 19.3 Å². The first-order valence-electron chi connectivity index (χ1n) is 6.44. The van der Waals surface area contributed by atoms with E-state index in [0.717, 1.165) is 4.90 Å². The van der Waals surface area contributed by atoms with Crippen LogP contribution in [-0.4, -0.2) is 64.2 Å². The molecule has 0 unspecified atom stereocenters. The Hall–Kier alpha value is -2.27. The Kier molecular flexibility index (Phi) is 3.48. The maximum atomic E-state index is 11.7. The van der Waals surface area contributed by atoms with E-state index < -0.39 is 30.9 Å². The topological polar surface area (TPSA) is 188 Å². The highest BCUT2D eigenvalue weighted by atomic mass is 31.2. The summed E-state index contributed by atoms with van der Waals surface area (Å²) in [7, 11) is -4.94. The number of aromatic nitrogens is 4. The number of anilines is 1. The molecule has 2 aromatic rings. The summed E-state index contributed by atoms with van der Waals surface area (Å²) in [5, 5.41) is 10.1. The lowest BCUT2D eigenvalue weighted by Crippen LogP contribution is -2.28. The number of carbonyl (C=O) groups excluding carboxylic acids is 1. The van der Waals surface area contributed by atoms with Crippen molar-refractivity contribution in [3.8, 4) is 0 Å². The van der Waals surface area contributed by atoms with Gasteiger partial charge in [0, 0.05) is 13.1 Å². The van der Waals surface area contributed by atoms with Gasteiger partial charge in [0.05, 0.1) is 18.5 Å². The number of imidazole rings is 1. The molecular formula is C10H13N6O6P. The number of H-pyrrole nitrogens is 1. The minimum atomic E-state index is -4.94. The fourth-order valence-electron chi connectivity index (χ4n) is 2.57. The van der Waals surface area contributed by atoms with Crippen LogP contribution < -0.4 is 11.3 Å². The summed E-state index contributed by atoms with van der Waals surface area (Å²) in [6, 6.07) is -0.760. The van der Waals surface area contributed by atoms with E-state index in [1.165, 1.54) is 10.9 Å². The molecule has 2 aromatic heterocycles. The quantitative estimate of drug-likeness (QED) is 0.392. The molecule has 0 bridgehead atoms. The molecule has 3 heterocycles. The molecule has 0 aliphatic carbocycles. The summed E-state index contributed by atoms with van der Waals surface area (Å²) < 4.78 is 12.4. The molecule has 0 radical (unpaired) electrons. The van der Waals surface area contributed by atoms with Gasteiger partial charge in [0.15, 0.2) is 11.2 Å². The number of nitrogen functional groups attached to an aromatic ring is 1. The van der Waals surface area contributed by atoms with Crippen LogP contribution in [0.4, 0.5) is 10.7 Å². The summed E-state index contributed by atoms with van der Waals surface area (Å²) in [4.78, 5) is 52.2. The van der Waals surface area contributed by atoms with Gasteiger partial charge in [-0.15, -0.1) is 0 Å². The number of aliphatic hydroxyl groups is 1. The van der Waals surface area contributed by atoms with E-state index in [1.807, 2.05) is 0 Å². The summed E-state index contributed by atoms with van der Waals surface area (Å²) in [6.45, 7) is -0.419. The zero-order valence-electron chi connectivity index (χ0n) is 11.5. The van der Waals surface area contributed by atoms with Crippen LogP contribution in [0.25, 0.3) is 11.2 Å². The number of nitrogens with two attached hydrogens (primary N) is 1. The van der Waals surface area contributed by atoms with Crippen LogP contribution in [0, 0.1) is 0 Å². The molecule has 23 heavy (non-hydrogen) atoms. The van der Waals surface area contributed by atoms with Crippen LogP contribution in [0.5, 0.6) is 0 Å². The van der Waals surface area contributed by atoms with Crippen molar-refractivity contribution in [2.45, 2.75) is 12.1 Å². The fraction of sp³-hybridized carbons (Fsp3) is 0.400. The molecule has 2 atom stereocenters. The fourth-order valence-corrected chi connectivity index (χ4v) is 3.10. The summed E-state index contributed by atoms with van der Waals surface area (Å²) in [5.41, 5.74) is 3.68. The van der Waals surface area contributed by atoms with Gasteiger partial charge in [-0.05, 0) is 0 Å². The van der Waals surface area contributed by atoms with E-state index in [0.29, 0.717) is 0 Å². The average Bonchev–Trinajstić information content (AvgIpc) is 3.00. The molecule has 1 amide bonds. The van der Waals surface area contributed by atoms with Crippen LogP contribution in [0.2, 0.25) is 0 Å². The average molecular weight is 344 g/mol. The number of nitrogens with zero attached hydrogens (tertiary/aromatic N) is 4. The third-order valence-corrected chi connectivity index (χ3v) is 4.37. The summed E-state index contributed by atoms with van der Waals surface area (Å²) >= 11 is 0. The van der Waals surface area contributed by atoms with Crippen molar-refractivity contribution in [2.24, 2.45) is 0 Å². The lowest BCUT2D eigenvalue weighted by atomic mass is 10.2. The summed E-state index contributed by atoms with van der Waals surface area (Å²) in [5.74, 6) is -0.139. The van der Waals surface area contributed by atoms with Gasteiger partial charge >= 0.3 is 13.2 Å². The molecule has 12 nitrogen and oxygen atoms in total. The molecule has 124 valence electrons. The molecule has 1 fully saturated rings. The van der Waals surface area contributed by atoms with E-state index >= 15 is 0 Å². The summed E-state index contributed by atoms with van der Waals surface area (Å²) in [6.07, 6.45) is 0.149. The second-order valence-electron chi connectivity index (χ2n) is 5.14. The first-order valence-corrected chi connectivity index (χ1v) is 8.05. The molecular weight excluding hydrogens is 331 g/mol. The SMILES string of the molecule is Nc1nc2c(ncn2[C@@H]2CN(C(=O)P(=O)(O)O)C[C@H]2O)c(=O)[nH]1. The third kappa shape index (κ3) is 2.61. The molecule has 0 aromatic carbocycles. The number of fused-ring (bicyclic) bond motifs is 1. The van der Waals surface area contributed by atoms with E-state index in [4.69, 9.17) is 15.5 Å². The van der Waals surface area contributed by atoms with Crippen molar-refractivity contribution in [1.82, 2.24) is 24.4 Å². The monoisotopic (exact) mass is 344 g/mol. The Morgan fingerprint density at radius 1 is 1.43 bits per heavy atom. The molecule has 1 saturated heterocycles. The van der Waals surface area contributed by atoms with Crippen molar-refractivity contribution in [3.05, 3.63) is 16.7 Å². The lowest BCUT2D eigenvalue weighted by Gasteiger charge is -2.17. The predicted molar refractivity (Wildman–Crippen MR) is 76.6 cm³/mol. The number of aliphatic hydroxyl groups excluding tert-OH is 1. The van der Waals surface area contributed by atoms with Crippen molar-refractivity contribution in [3.63, 3.8) is 0 Å². The normalized spacial score (nSPS) is 22.0. The zero-order valence-corrected chi connectivity index (χ0v) is 12.4. The molecule has 0 saturated carbocycles. The number of rotatable bonds is 2. The molecule has 3 rings (SSSR count). The van der Waals surface area contributed by atoms with Gasteiger partial charge in [-0.3, -0.25) is 14.6 Å². The van der Waals surface area contributed by atoms with Crippen molar-refractivity contribution in [1.29, 1.82) is 0 Å². The van der Waals surface area contributed by atoms with Crippen molar-refractivity contribution in [2.75, 3.05) is 18.8 Å². The maximum Gasteiger partial charge on any atom is 0.413 e. The Morgan fingerprint density at radius 3 is 2.78 bits per heavy atom. The molecule has 0 spiro atoms. The predicted octanol–water partition coefficient (Wildman–Crippen LogP) is -1.78. The van der Waals surface area contributed by atoms with Gasteiger partial charge in [0.2, 0.25) is 5.95 Å². The Labute approximate surface area is 127 Å². The second kappa shape index (κ2) is 5.13. The van der Waals surface area contributed by atoms with E-state index in [-0.39, 0.29) is 30.2 Å². The molecule has 1 aliphatic heterocycles. The van der Waals surface area contributed by atoms with Gasteiger partial charge in [0.25, 0.3) is 5.56 Å². The number of likely N-dealkylation sites (tertiary alicyclic amines) is 1. The number of aromatic amines is 1. The van der Waals surface area contributed by atoms with Crippen LogP contribution >= 0.6 is 7.60 Å². The number of amides is 1. The van der Waals surface area contributed by atoms with Gasteiger partial charge < -0.3 is 30.1 Å². The molecule has 1 aliphatic rings. The number of β-amino-alcohol motifs (C(OH)–C–C–N with tert-alkyl or cyclic N) is 1. The molecule has 13 heteroatoms. The highest BCUT2D eigenvalue weighted by Gasteiger charge is 2.41. The van der Waals surface area contributed by atoms with Gasteiger partial charge in [-0.2, -0.15) is 4.98 Å². The Morgan fingerprint density at radius 2 is 2.13 bits per heavy atom. The zero-order chi connectivity index (χ0) is 16.9. The number of hydrogen-bond donors (Lipinski definition) is 5. The number of hydrogen-bond acceptors (Lipinski definition) is 7. The smallest absolute Gasteiger partial charge is 0.389 e. The van der Waals surface area contributed by atoms with Crippen LogP contribution in [0.1, 0.15) is 6.04 Å². The lowest BCUT2D eigenvalue weighted by molar-refractivity contribution is 0.147. The third-order valence-electron chi connectivity index (χ3n) is 3.59. The minimum Gasteiger partial charge on any atom is -0.389 e.